The zero-order valence-corrected chi connectivity index (χ0v) is 11.3. The number of aromatic nitrogens is 6. The Morgan fingerprint density at radius 1 is 1.35 bits per heavy atom. The molecular formula is C8H9IN6O2. The number of rotatable bonds is 2. The highest BCUT2D eigenvalue weighted by molar-refractivity contribution is 14.1. The predicted octanol–water partition coefficient (Wildman–Crippen LogP) is -1.28. The number of hydrogen-bond acceptors (Lipinski definition) is 5. The summed E-state index contributed by atoms with van der Waals surface area (Å²) in [5.74, 6) is 0.328. The van der Waals surface area contributed by atoms with Gasteiger partial charge in [0.15, 0.2) is 5.82 Å². The number of tetrazole rings is 1. The second-order valence-corrected chi connectivity index (χ2v) is 4.62. The maximum Gasteiger partial charge on any atom is 0.331 e. The zero-order valence-electron chi connectivity index (χ0n) is 9.16. The maximum atomic E-state index is 11.8. The van der Waals surface area contributed by atoms with Gasteiger partial charge in [0.25, 0.3) is 5.56 Å². The Kier molecular flexibility index (Phi) is 3.09. The lowest BCUT2D eigenvalue weighted by Gasteiger charge is -2.05. The topological polar surface area (TPSA) is 87.6 Å². The molecule has 0 amide bonds. The van der Waals surface area contributed by atoms with Gasteiger partial charge in [-0.05, 0) is 27.8 Å². The monoisotopic (exact) mass is 348 g/mol. The van der Waals surface area contributed by atoms with Crippen LogP contribution in [0.15, 0.2) is 15.8 Å². The van der Waals surface area contributed by atoms with Crippen molar-refractivity contribution in [2.75, 3.05) is 0 Å². The number of hydrogen-bond donors (Lipinski definition) is 0. The molecule has 0 aromatic carbocycles. The summed E-state index contributed by atoms with van der Waals surface area (Å²) in [6.45, 7) is 0.0240. The Labute approximate surface area is 109 Å². The van der Waals surface area contributed by atoms with Crippen LogP contribution in [0.4, 0.5) is 0 Å². The summed E-state index contributed by atoms with van der Waals surface area (Å²) in [5, 5.41) is 11.3. The second-order valence-electron chi connectivity index (χ2n) is 3.46. The molecule has 0 unspecified atom stereocenters. The summed E-state index contributed by atoms with van der Waals surface area (Å²) in [6.07, 6.45) is 1.49. The molecular weight excluding hydrogens is 339 g/mol. The summed E-state index contributed by atoms with van der Waals surface area (Å²) in [5.41, 5.74) is -0.746. The van der Waals surface area contributed by atoms with Crippen LogP contribution in [0.2, 0.25) is 0 Å². The van der Waals surface area contributed by atoms with Crippen molar-refractivity contribution in [3.05, 3.63) is 36.4 Å². The molecule has 0 saturated carbocycles. The van der Waals surface area contributed by atoms with E-state index in [2.05, 4.69) is 15.4 Å². The highest BCUT2D eigenvalue weighted by atomic mass is 127. The average molecular weight is 348 g/mol. The van der Waals surface area contributed by atoms with E-state index in [1.54, 1.807) is 14.1 Å². The summed E-state index contributed by atoms with van der Waals surface area (Å²) < 4.78 is 2.90. The molecule has 0 atom stereocenters. The molecule has 2 heterocycles. The van der Waals surface area contributed by atoms with E-state index in [9.17, 15) is 9.59 Å². The first-order valence-electron chi connectivity index (χ1n) is 4.68. The minimum Gasteiger partial charge on any atom is -0.302 e. The van der Waals surface area contributed by atoms with Gasteiger partial charge in [-0.1, -0.05) is 0 Å². The Balaban J connectivity index is 2.53. The standard InChI is InChI=1S/C8H9IN6O2/c1-13-3-5(9)7(16)15(8(13)17)4-6-10-12-14(2)11-6/h3H,4H2,1-2H3. The first-order valence-corrected chi connectivity index (χ1v) is 5.76. The predicted molar refractivity (Wildman–Crippen MR) is 66.6 cm³/mol. The van der Waals surface area contributed by atoms with Gasteiger partial charge in [-0.3, -0.25) is 9.36 Å². The van der Waals surface area contributed by atoms with E-state index in [1.165, 1.54) is 15.6 Å². The lowest BCUT2D eigenvalue weighted by molar-refractivity contribution is 0.603. The van der Waals surface area contributed by atoms with Gasteiger partial charge in [0.1, 0.15) is 0 Å². The van der Waals surface area contributed by atoms with Gasteiger partial charge in [-0.15, -0.1) is 10.2 Å². The molecule has 0 bridgehead atoms. The minimum atomic E-state index is -0.400. The molecule has 0 saturated heterocycles. The van der Waals surface area contributed by atoms with Crippen LogP contribution in [-0.4, -0.2) is 29.3 Å². The van der Waals surface area contributed by atoms with E-state index >= 15 is 0 Å². The highest BCUT2D eigenvalue weighted by Gasteiger charge is 2.10. The van der Waals surface area contributed by atoms with Crippen molar-refractivity contribution in [2.24, 2.45) is 14.1 Å². The fourth-order valence-corrected chi connectivity index (χ4v) is 2.06. The summed E-state index contributed by atoms with van der Waals surface area (Å²) >= 11 is 1.89. The summed E-state index contributed by atoms with van der Waals surface area (Å²) in [7, 11) is 3.21. The second kappa shape index (κ2) is 4.39. The van der Waals surface area contributed by atoms with Crippen molar-refractivity contribution in [3.8, 4) is 0 Å². The average Bonchev–Trinajstić information content (AvgIpc) is 2.68. The molecule has 2 aromatic rings. The van der Waals surface area contributed by atoms with Crippen LogP contribution in [0.25, 0.3) is 0 Å². The van der Waals surface area contributed by atoms with Crippen molar-refractivity contribution >= 4 is 22.6 Å². The fraction of sp³-hybridized carbons (Fsp3) is 0.375. The largest absolute Gasteiger partial charge is 0.331 e. The smallest absolute Gasteiger partial charge is 0.302 e. The molecule has 0 aliphatic carbocycles. The third-order valence-electron chi connectivity index (χ3n) is 2.14. The third-order valence-corrected chi connectivity index (χ3v) is 2.88. The molecule has 0 aliphatic heterocycles. The molecule has 2 rings (SSSR count). The van der Waals surface area contributed by atoms with Crippen LogP contribution in [0.3, 0.4) is 0 Å². The van der Waals surface area contributed by atoms with E-state index in [0.29, 0.717) is 9.39 Å². The first-order chi connectivity index (χ1) is 7.99. The highest BCUT2D eigenvalue weighted by Crippen LogP contribution is 1.94. The van der Waals surface area contributed by atoms with Gasteiger partial charge >= 0.3 is 5.69 Å². The normalized spacial score (nSPS) is 10.8. The van der Waals surface area contributed by atoms with Crippen LogP contribution >= 0.6 is 22.6 Å². The lowest BCUT2D eigenvalue weighted by atomic mass is 10.5. The molecule has 0 radical (unpaired) electrons. The molecule has 0 aliphatic rings. The molecule has 9 heteroatoms. The van der Waals surface area contributed by atoms with Crippen LogP contribution in [0.5, 0.6) is 0 Å². The van der Waals surface area contributed by atoms with E-state index in [0.717, 1.165) is 4.57 Å². The van der Waals surface area contributed by atoms with Crippen LogP contribution in [0.1, 0.15) is 5.82 Å². The van der Waals surface area contributed by atoms with E-state index < -0.39 is 5.69 Å². The SMILES string of the molecule is Cn1nnc(Cn2c(=O)c(I)cn(C)c2=O)n1. The van der Waals surface area contributed by atoms with Crippen LogP contribution in [0, 0.1) is 3.57 Å². The van der Waals surface area contributed by atoms with E-state index in [4.69, 9.17) is 0 Å². The van der Waals surface area contributed by atoms with Crippen LogP contribution < -0.4 is 11.2 Å². The molecule has 90 valence electrons. The molecule has 0 N–H and O–H groups in total. The summed E-state index contributed by atoms with van der Waals surface area (Å²) in [4.78, 5) is 24.9. The zero-order chi connectivity index (χ0) is 12.6. The van der Waals surface area contributed by atoms with Gasteiger partial charge in [0.05, 0.1) is 17.2 Å². The molecule has 0 fully saturated rings. The number of aryl methyl sites for hydroxylation is 2. The number of nitrogens with zero attached hydrogens (tertiary/aromatic N) is 6. The summed E-state index contributed by atoms with van der Waals surface area (Å²) in [6, 6.07) is 0. The Bertz CT molecular complexity index is 635. The Morgan fingerprint density at radius 3 is 2.65 bits per heavy atom. The van der Waals surface area contributed by atoms with Gasteiger partial charge < -0.3 is 4.57 Å². The first kappa shape index (κ1) is 12.0. The quantitative estimate of drug-likeness (QED) is 0.631. The van der Waals surface area contributed by atoms with Gasteiger partial charge in [-0.2, -0.15) is 4.80 Å². The van der Waals surface area contributed by atoms with Crippen molar-refractivity contribution < 1.29 is 0 Å². The Morgan fingerprint density at radius 2 is 2.06 bits per heavy atom. The van der Waals surface area contributed by atoms with Crippen molar-refractivity contribution in [1.29, 1.82) is 0 Å². The maximum absolute atomic E-state index is 11.8. The van der Waals surface area contributed by atoms with E-state index in [1.807, 2.05) is 22.6 Å². The molecule has 2 aromatic heterocycles. The third kappa shape index (κ3) is 2.28. The van der Waals surface area contributed by atoms with Crippen molar-refractivity contribution in [2.45, 2.75) is 6.54 Å². The van der Waals surface area contributed by atoms with Gasteiger partial charge in [0, 0.05) is 13.2 Å². The van der Waals surface area contributed by atoms with Crippen molar-refractivity contribution in [1.82, 2.24) is 29.3 Å². The minimum absolute atomic E-state index is 0.0240. The lowest BCUT2D eigenvalue weighted by Crippen LogP contribution is -2.40. The van der Waals surface area contributed by atoms with Gasteiger partial charge in [-0.25, -0.2) is 4.79 Å². The molecule has 0 spiro atoms. The molecule has 17 heavy (non-hydrogen) atoms. The van der Waals surface area contributed by atoms with E-state index in [-0.39, 0.29) is 12.1 Å². The fourth-order valence-electron chi connectivity index (χ4n) is 1.35. The Hall–Kier alpha value is -1.52. The molecule has 8 nitrogen and oxygen atoms in total. The van der Waals surface area contributed by atoms with Crippen molar-refractivity contribution in [3.63, 3.8) is 0 Å². The van der Waals surface area contributed by atoms with Crippen LogP contribution in [-0.2, 0) is 20.6 Å². The number of halogens is 1. The van der Waals surface area contributed by atoms with Gasteiger partial charge in [0.2, 0.25) is 0 Å².